The number of carbonyl (C=O) groups excluding carboxylic acids is 1. The van der Waals surface area contributed by atoms with Gasteiger partial charge in [-0.2, -0.15) is 0 Å². The molecule has 2 atom stereocenters. The summed E-state index contributed by atoms with van der Waals surface area (Å²) in [6.45, 7) is 1.95. The first-order valence-electron chi connectivity index (χ1n) is 10.5. The number of rotatable bonds is 6. The van der Waals surface area contributed by atoms with Gasteiger partial charge in [-0.1, -0.05) is 30.0 Å². The largest absolute Gasteiger partial charge is 0.454 e. The van der Waals surface area contributed by atoms with Crippen LogP contribution in [0.25, 0.3) is 17.1 Å². The number of carbonyl (C=O) groups is 1. The lowest BCUT2D eigenvalue weighted by Gasteiger charge is -2.16. The fourth-order valence-corrected chi connectivity index (χ4v) is 6.37. The predicted octanol–water partition coefficient (Wildman–Crippen LogP) is 2.45. The fourth-order valence-electron chi connectivity index (χ4n) is 3.82. The fraction of sp³-hybridized carbons (Fsp3) is 0.318. The number of fused-ring (bicyclic) bond motifs is 1. The smallest absolute Gasteiger partial charge is 0.233 e. The number of nitrogens with one attached hydrogen (secondary N) is 1. The second kappa shape index (κ2) is 8.71. The number of nitrogens with zero attached hydrogens (tertiary/aromatic N) is 3. The zero-order chi connectivity index (χ0) is 23.0. The molecule has 2 aromatic carbocycles. The Kier molecular flexibility index (Phi) is 5.75. The summed E-state index contributed by atoms with van der Waals surface area (Å²) in [4.78, 5) is 12.8. The van der Waals surface area contributed by atoms with E-state index in [1.807, 2.05) is 53.1 Å². The van der Waals surface area contributed by atoms with Gasteiger partial charge in [-0.15, -0.1) is 10.2 Å². The molecule has 2 aliphatic rings. The molecular weight excluding hydrogens is 464 g/mol. The summed E-state index contributed by atoms with van der Waals surface area (Å²) in [7, 11) is -3.07. The van der Waals surface area contributed by atoms with Crippen LogP contribution in [0.1, 0.15) is 13.3 Å². The summed E-state index contributed by atoms with van der Waals surface area (Å²) in [6.07, 6.45) is 0.444. The van der Waals surface area contributed by atoms with E-state index in [-0.39, 0.29) is 30.2 Å². The average Bonchev–Trinajstić information content (AvgIpc) is 3.52. The third-order valence-corrected chi connectivity index (χ3v) is 8.32. The van der Waals surface area contributed by atoms with Crippen molar-refractivity contribution in [3.8, 4) is 28.6 Å². The maximum atomic E-state index is 12.8. The zero-order valence-corrected chi connectivity index (χ0v) is 19.4. The first-order valence-corrected chi connectivity index (χ1v) is 13.2. The maximum absolute atomic E-state index is 12.8. The molecule has 0 unspecified atom stereocenters. The van der Waals surface area contributed by atoms with E-state index in [0.717, 1.165) is 11.3 Å². The summed E-state index contributed by atoms with van der Waals surface area (Å²) >= 11 is 1.27. The molecule has 2 aliphatic heterocycles. The number of aromatic nitrogens is 3. The van der Waals surface area contributed by atoms with Gasteiger partial charge in [-0.05, 0) is 43.7 Å². The Labute approximate surface area is 195 Å². The Bertz CT molecular complexity index is 1290. The van der Waals surface area contributed by atoms with E-state index in [1.54, 1.807) is 6.92 Å². The van der Waals surface area contributed by atoms with Gasteiger partial charge >= 0.3 is 0 Å². The molecule has 9 nitrogen and oxygen atoms in total. The lowest BCUT2D eigenvalue weighted by molar-refractivity contribution is -0.120. The summed E-state index contributed by atoms with van der Waals surface area (Å²) in [6, 6.07) is 14.9. The van der Waals surface area contributed by atoms with Crippen molar-refractivity contribution in [3.05, 3.63) is 48.5 Å². The highest BCUT2D eigenvalue weighted by molar-refractivity contribution is 8.00. The molecule has 0 spiro atoms. The molecule has 1 saturated heterocycles. The standard InChI is InChI=1S/C22H22N4O5S2/c1-14(21(27)23-16-9-10-33(28,29)12-16)32-22-25-24-20(26(22)17-5-3-2-4-6-17)15-7-8-18-19(11-15)31-13-30-18/h2-8,11,14,16H,9-10,12-13H2,1H3,(H,23,27)/t14-,16-/m1/s1. The van der Waals surface area contributed by atoms with Crippen molar-refractivity contribution in [3.63, 3.8) is 0 Å². The van der Waals surface area contributed by atoms with Gasteiger partial charge in [0.1, 0.15) is 0 Å². The van der Waals surface area contributed by atoms with Crippen LogP contribution in [0.2, 0.25) is 0 Å². The summed E-state index contributed by atoms with van der Waals surface area (Å²) in [5.41, 5.74) is 1.66. The SMILES string of the molecule is C[C@@H](Sc1nnc(-c2ccc3c(c2)OCO3)n1-c1ccccc1)C(=O)N[C@@H]1CCS(=O)(=O)C1. The van der Waals surface area contributed by atoms with Gasteiger partial charge in [0.05, 0.1) is 16.8 Å². The van der Waals surface area contributed by atoms with Crippen molar-refractivity contribution in [1.29, 1.82) is 0 Å². The van der Waals surface area contributed by atoms with E-state index >= 15 is 0 Å². The van der Waals surface area contributed by atoms with Gasteiger partial charge in [-0.3, -0.25) is 9.36 Å². The average molecular weight is 487 g/mol. The number of thioether (sulfide) groups is 1. The van der Waals surface area contributed by atoms with Gasteiger partial charge in [0.2, 0.25) is 12.7 Å². The highest BCUT2D eigenvalue weighted by Gasteiger charge is 2.31. The molecule has 0 radical (unpaired) electrons. The Morgan fingerprint density at radius 1 is 1.15 bits per heavy atom. The molecule has 1 fully saturated rings. The highest BCUT2D eigenvalue weighted by Crippen LogP contribution is 2.37. The van der Waals surface area contributed by atoms with Crippen LogP contribution in [0.4, 0.5) is 0 Å². The summed E-state index contributed by atoms with van der Waals surface area (Å²) in [5.74, 6) is 1.80. The van der Waals surface area contributed by atoms with Crippen LogP contribution in [-0.4, -0.2) is 58.7 Å². The molecule has 5 rings (SSSR count). The first kappa shape index (κ1) is 21.8. The molecule has 33 heavy (non-hydrogen) atoms. The van der Waals surface area contributed by atoms with E-state index in [1.165, 1.54) is 11.8 Å². The molecule has 1 aromatic heterocycles. The lowest BCUT2D eigenvalue weighted by atomic mass is 10.2. The van der Waals surface area contributed by atoms with Crippen LogP contribution >= 0.6 is 11.8 Å². The van der Waals surface area contributed by atoms with E-state index < -0.39 is 15.1 Å². The Hall–Kier alpha value is -3.05. The first-order chi connectivity index (χ1) is 15.9. The summed E-state index contributed by atoms with van der Waals surface area (Å²) < 4.78 is 36.2. The minimum Gasteiger partial charge on any atom is -0.454 e. The number of benzene rings is 2. The van der Waals surface area contributed by atoms with Crippen molar-refractivity contribution in [2.45, 2.75) is 29.8 Å². The van der Waals surface area contributed by atoms with Gasteiger partial charge in [0, 0.05) is 17.3 Å². The molecule has 1 amide bonds. The van der Waals surface area contributed by atoms with Crippen LogP contribution < -0.4 is 14.8 Å². The van der Waals surface area contributed by atoms with Gasteiger partial charge in [-0.25, -0.2) is 8.42 Å². The van der Waals surface area contributed by atoms with Crippen molar-refractivity contribution in [1.82, 2.24) is 20.1 Å². The molecule has 3 heterocycles. The zero-order valence-electron chi connectivity index (χ0n) is 17.8. The van der Waals surface area contributed by atoms with Crippen molar-refractivity contribution >= 4 is 27.5 Å². The van der Waals surface area contributed by atoms with Crippen LogP contribution in [0, 0.1) is 0 Å². The lowest BCUT2D eigenvalue weighted by Crippen LogP contribution is -2.40. The second-order valence-electron chi connectivity index (χ2n) is 7.91. The molecule has 3 aromatic rings. The minimum absolute atomic E-state index is 0.00934. The molecule has 0 aliphatic carbocycles. The number of para-hydroxylation sites is 1. The molecule has 11 heteroatoms. The van der Waals surface area contributed by atoms with Gasteiger partial charge < -0.3 is 14.8 Å². The highest BCUT2D eigenvalue weighted by atomic mass is 32.2. The molecule has 172 valence electrons. The van der Waals surface area contributed by atoms with Crippen LogP contribution in [0.3, 0.4) is 0 Å². The molecule has 0 saturated carbocycles. The molecule has 1 N–H and O–H groups in total. The van der Waals surface area contributed by atoms with Crippen LogP contribution in [0.5, 0.6) is 11.5 Å². The number of hydrogen-bond acceptors (Lipinski definition) is 8. The normalized spacial score (nSPS) is 19.4. The molecular formula is C22H22N4O5S2. The van der Waals surface area contributed by atoms with Crippen molar-refractivity contribution in [2.75, 3.05) is 18.3 Å². The van der Waals surface area contributed by atoms with Gasteiger partial charge in [0.15, 0.2) is 32.3 Å². The number of sulfone groups is 1. The summed E-state index contributed by atoms with van der Waals surface area (Å²) in [5, 5.41) is 11.7. The number of amides is 1. The van der Waals surface area contributed by atoms with E-state index in [2.05, 4.69) is 15.5 Å². The van der Waals surface area contributed by atoms with Crippen LogP contribution in [-0.2, 0) is 14.6 Å². The topological polar surface area (TPSA) is 112 Å². The van der Waals surface area contributed by atoms with E-state index in [9.17, 15) is 13.2 Å². The van der Waals surface area contributed by atoms with E-state index in [4.69, 9.17) is 9.47 Å². The Morgan fingerprint density at radius 3 is 2.70 bits per heavy atom. The minimum atomic E-state index is -3.07. The van der Waals surface area contributed by atoms with Crippen molar-refractivity contribution < 1.29 is 22.7 Å². The third kappa shape index (κ3) is 4.55. The quantitative estimate of drug-likeness (QED) is 0.529. The van der Waals surface area contributed by atoms with Crippen molar-refractivity contribution in [2.24, 2.45) is 0 Å². The Morgan fingerprint density at radius 2 is 1.94 bits per heavy atom. The number of ether oxygens (including phenoxy) is 2. The van der Waals surface area contributed by atoms with Crippen LogP contribution in [0.15, 0.2) is 53.7 Å². The third-order valence-electron chi connectivity index (χ3n) is 5.51. The maximum Gasteiger partial charge on any atom is 0.233 e. The monoisotopic (exact) mass is 486 g/mol. The Balaban J connectivity index is 1.42. The van der Waals surface area contributed by atoms with Gasteiger partial charge in [0.25, 0.3) is 0 Å². The number of hydrogen-bond donors (Lipinski definition) is 1. The molecule has 0 bridgehead atoms. The second-order valence-corrected chi connectivity index (χ2v) is 11.5. The predicted molar refractivity (Wildman–Crippen MR) is 123 cm³/mol. The van der Waals surface area contributed by atoms with E-state index in [0.29, 0.717) is 28.9 Å².